The van der Waals surface area contributed by atoms with E-state index in [9.17, 15) is 22.7 Å². The van der Waals surface area contributed by atoms with E-state index in [1.165, 1.54) is 0 Å². The quantitative estimate of drug-likeness (QED) is 0.819. The lowest BCUT2D eigenvalue weighted by atomic mass is 10.1. The fraction of sp³-hybridized carbons (Fsp3) is 0.571. The van der Waals surface area contributed by atoms with Gasteiger partial charge in [0.05, 0.1) is 29.6 Å². The van der Waals surface area contributed by atoms with E-state index in [4.69, 9.17) is 4.74 Å². The maximum absolute atomic E-state index is 13.4. The number of rotatable bonds is 5. The minimum Gasteiger partial charge on any atom is -0.389 e. The van der Waals surface area contributed by atoms with Crippen LogP contribution in [0.2, 0.25) is 0 Å². The standard InChI is InChI=1S/C14H19F4NO2/c1-13(2,3)21-8-10(20)7-19-12-6-9(14(16,17)18)4-5-11(12)15/h4-6,10,19-20H,7-8H2,1-3H3. The van der Waals surface area contributed by atoms with Gasteiger partial charge in [0.2, 0.25) is 0 Å². The minimum absolute atomic E-state index is 0.00290. The van der Waals surface area contributed by atoms with Crippen LogP contribution in [0.4, 0.5) is 23.2 Å². The molecule has 1 atom stereocenters. The van der Waals surface area contributed by atoms with Crippen molar-refractivity contribution >= 4 is 5.69 Å². The number of halogens is 4. The Kier molecular flexibility index (Phi) is 5.58. The Bertz CT molecular complexity index is 469. The number of aliphatic hydroxyl groups is 1. The SMILES string of the molecule is CC(C)(C)OCC(O)CNc1cc(C(F)(F)F)ccc1F. The molecule has 21 heavy (non-hydrogen) atoms. The molecule has 7 heteroatoms. The minimum atomic E-state index is -4.54. The zero-order valence-corrected chi connectivity index (χ0v) is 12.1. The highest BCUT2D eigenvalue weighted by atomic mass is 19.4. The van der Waals surface area contributed by atoms with Crippen molar-refractivity contribution in [1.82, 2.24) is 0 Å². The van der Waals surface area contributed by atoms with Crippen molar-refractivity contribution in [3.63, 3.8) is 0 Å². The highest BCUT2D eigenvalue weighted by Gasteiger charge is 2.31. The van der Waals surface area contributed by atoms with Crippen molar-refractivity contribution in [3.8, 4) is 0 Å². The Morgan fingerprint density at radius 1 is 1.24 bits per heavy atom. The molecule has 0 radical (unpaired) electrons. The van der Waals surface area contributed by atoms with E-state index in [1.54, 1.807) is 20.8 Å². The Labute approximate surface area is 120 Å². The molecule has 1 unspecified atom stereocenters. The first-order chi connectivity index (χ1) is 9.49. The summed E-state index contributed by atoms with van der Waals surface area (Å²) in [6.45, 7) is 5.30. The molecule has 120 valence electrons. The second kappa shape index (κ2) is 6.62. The van der Waals surface area contributed by atoms with Crippen LogP contribution in [0, 0.1) is 5.82 Å². The van der Waals surface area contributed by atoms with Crippen molar-refractivity contribution < 1.29 is 27.4 Å². The summed E-state index contributed by atoms with van der Waals surface area (Å²) in [6.07, 6.45) is -5.50. The molecule has 0 amide bonds. The van der Waals surface area contributed by atoms with Crippen molar-refractivity contribution in [3.05, 3.63) is 29.6 Å². The molecule has 0 bridgehead atoms. The first-order valence-corrected chi connectivity index (χ1v) is 6.42. The number of ether oxygens (including phenoxy) is 1. The van der Waals surface area contributed by atoms with Crippen LogP contribution in [0.1, 0.15) is 26.3 Å². The fourth-order valence-electron chi connectivity index (χ4n) is 1.47. The zero-order chi connectivity index (χ0) is 16.3. The molecule has 0 saturated carbocycles. The summed E-state index contributed by atoms with van der Waals surface area (Å²) in [4.78, 5) is 0. The maximum Gasteiger partial charge on any atom is 0.416 e. The van der Waals surface area contributed by atoms with E-state index in [1.807, 2.05) is 0 Å². The van der Waals surface area contributed by atoms with Gasteiger partial charge in [0.15, 0.2) is 0 Å². The summed E-state index contributed by atoms with van der Waals surface area (Å²) < 4.78 is 56.4. The van der Waals surface area contributed by atoms with Crippen LogP contribution >= 0.6 is 0 Å². The predicted molar refractivity (Wildman–Crippen MR) is 71.6 cm³/mol. The molecule has 1 aromatic rings. The zero-order valence-electron chi connectivity index (χ0n) is 12.1. The third kappa shape index (κ3) is 6.31. The van der Waals surface area contributed by atoms with E-state index in [0.717, 1.165) is 6.07 Å². The molecule has 2 N–H and O–H groups in total. The number of benzene rings is 1. The smallest absolute Gasteiger partial charge is 0.389 e. The Morgan fingerprint density at radius 2 is 1.86 bits per heavy atom. The lowest BCUT2D eigenvalue weighted by Gasteiger charge is -2.22. The Hall–Kier alpha value is -1.34. The molecule has 0 heterocycles. The molecule has 0 aliphatic heterocycles. The van der Waals surface area contributed by atoms with E-state index in [-0.39, 0.29) is 18.8 Å². The number of anilines is 1. The number of hydrogen-bond acceptors (Lipinski definition) is 3. The molecule has 0 saturated heterocycles. The topological polar surface area (TPSA) is 41.5 Å². The van der Waals surface area contributed by atoms with Gasteiger partial charge < -0.3 is 15.2 Å². The molecular weight excluding hydrogens is 290 g/mol. The van der Waals surface area contributed by atoms with Crippen LogP contribution in [0.15, 0.2) is 18.2 Å². The molecule has 0 aliphatic rings. The van der Waals surface area contributed by atoms with Crippen LogP contribution < -0.4 is 5.32 Å². The summed E-state index contributed by atoms with van der Waals surface area (Å²) in [6, 6.07) is 2.08. The van der Waals surface area contributed by atoms with Gasteiger partial charge in [0.1, 0.15) is 5.82 Å². The average molecular weight is 309 g/mol. The van der Waals surface area contributed by atoms with Gasteiger partial charge >= 0.3 is 6.18 Å². The molecule has 0 aromatic heterocycles. The van der Waals surface area contributed by atoms with Crippen LogP contribution in [0.25, 0.3) is 0 Å². The van der Waals surface area contributed by atoms with E-state index >= 15 is 0 Å². The van der Waals surface area contributed by atoms with Crippen LogP contribution in [0.5, 0.6) is 0 Å². The number of nitrogens with one attached hydrogen (secondary N) is 1. The lowest BCUT2D eigenvalue weighted by Crippen LogP contribution is -2.30. The average Bonchev–Trinajstić information content (AvgIpc) is 2.33. The van der Waals surface area contributed by atoms with E-state index in [2.05, 4.69) is 5.32 Å². The molecular formula is C14H19F4NO2. The molecule has 3 nitrogen and oxygen atoms in total. The maximum atomic E-state index is 13.4. The summed E-state index contributed by atoms with van der Waals surface area (Å²) in [5, 5.41) is 12.1. The molecule has 0 aliphatic carbocycles. The summed E-state index contributed by atoms with van der Waals surface area (Å²) in [5.41, 5.74) is -1.70. The van der Waals surface area contributed by atoms with Crippen LogP contribution in [-0.4, -0.2) is 30.0 Å². The van der Waals surface area contributed by atoms with E-state index in [0.29, 0.717) is 12.1 Å². The van der Waals surface area contributed by atoms with Crippen LogP contribution in [-0.2, 0) is 10.9 Å². The highest BCUT2D eigenvalue weighted by molar-refractivity contribution is 5.48. The largest absolute Gasteiger partial charge is 0.416 e. The van der Waals surface area contributed by atoms with Crippen molar-refractivity contribution in [2.24, 2.45) is 0 Å². The van der Waals surface area contributed by atoms with E-state index < -0.39 is 29.3 Å². The summed E-state index contributed by atoms with van der Waals surface area (Å²) in [7, 11) is 0. The monoisotopic (exact) mass is 309 g/mol. The summed E-state index contributed by atoms with van der Waals surface area (Å²) in [5.74, 6) is -0.813. The van der Waals surface area contributed by atoms with Gasteiger partial charge in [-0.2, -0.15) is 13.2 Å². The normalized spacial score (nSPS) is 14.1. The highest BCUT2D eigenvalue weighted by Crippen LogP contribution is 2.31. The second-order valence-corrected chi connectivity index (χ2v) is 5.65. The van der Waals surface area contributed by atoms with Gasteiger partial charge in [-0.3, -0.25) is 0 Å². The first kappa shape index (κ1) is 17.7. The molecule has 1 rings (SSSR count). The van der Waals surface area contributed by atoms with Crippen molar-refractivity contribution in [2.75, 3.05) is 18.5 Å². The van der Waals surface area contributed by atoms with Gasteiger partial charge in [-0.1, -0.05) is 0 Å². The fourth-order valence-corrected chi connectivity index (χ4v) is 1.47. The van der Waals surface area contributed by atoms with Crippen molar-refractivity contribution in [2.45, 2.75) is 38.7 Å². The van der Waals surface area contributed by atoms with Crippen molar-refractivity contribution in [1.29, 1.82) is 0 Å². The van der Waals surface area contributed by atoms with Crippen LogP contribution in [0.3, 0.4) is 0 Å². The Morgan fingerprint density at radius 3 is 2.38 bits per heavy atom. The van der Waals surface area contributed by atoms with Gasteiger partial charge in [0, 0.05) is 6.54 Å². The first-order valence-electron chi connectivity index (χ1n) is 6.42. The third-order valence-corrected chi connectivity index (χ3v) is 2.53. The molecule has 1 aromatic carbocycles. The van der Waals surface area contributed by atoms with Gasteiger partial charge in [-0.05, 0) is 39.0 Å². The lowest BCUT2D eigenvalue weighted by molar-refractivity contribution is -0.137. The van der Waals surface area contributed by atoms with Gasteiger partial charge in [-0.25, -0.2) is 4.39 Å². The Balaban J connectivity index is 2.63. The molecule has 0 spiro atoms. The number of hydrogen-bond donors (Lipinski definition) is 2. The number of alkyl halides is 3. The predicted octanol–water partition coefficient (Wildman–Crippen LogP) is 3.43. The third-order valence-electron chi connectivity index (χ3n) is 2.53. The summed E-state index contributed by atoms with van der Waals surface area (Å²) >= 11 is 0. The second-order valence-electron chi connectivity index (χ2n) is 5.65. The molecule has 0 fully saturated rings. The van der Waals surface area contributed by atoms with Gasteiger partial charge in [-0.15, -0.1) is 0 Å². The number of aliphatic hydroxyl groups excluding tert-OH is 1. The van der Waals surface area contributed by atoms with Gasteiger partial charge in [0.25, 0.3) is 0 Å².